The normalized spacial score (nSPS) is 14.4. The van der Waals surface area contributed by atoms with Gasteiger partial charge in [0.2, 0.25) is 0 Å². The SMILES string of the molecule is CCCC/C=C\C/C=C\CCCCCCCC(=O)OC[C@H](COP(=O)(O)OC[C@@H](O)CO)OC(=O)CCCCCCCCCCCC. The Kier molecular flexibility index (Phi) is 31.9. The summed E-state index contributed by atoms with van der Waals surface area (Å²) in [6, 6.07) is 0. The standard InChI is InChI=1S/C36H67O10P/c1-3-5-7-9-11-13-15-16-17-18-20-21-23-25-27-35(39)43-31-34(32-45-47(41,42)44-30-33(38)29-37)46-36(40)28-26-24-22-19-14-12-10-8-6-4-2/h9,11,15-16,33-34,37-38H,3-8,10,12-14,17-32H2,1-2H3,(H,41,42)/b11-9-,16-15-/t33-,34+/m0/s1. The molecule has 1 unspecified atom stereocenters. The molecule has 47 heavy (non-hydrogen) atoms. The van der Waals surface area contributed by atoms with Crippen LogP contribution in [0.4, 0.5) is 0 Å². The first-order valence-electron chi connectivity index (χ1n) is 18.3. The molecule has 10 nitrogen and oxygen atoms in total. The Labute approximate surface area is 285 Å². The highest BCUT2D eigenvalue weighted by atomic mass is 31.2. The zero-order chi connectivity index (χ0) is 34.9. The fourth-order valence-corrected chi connectivity index (χ4v) is 5.50. The second kappa shape index (κ2) is 33.0. The molecular formula is C36H67O10P. The number of rotatable bonds is 34. The molecule has 0 aromatic heterocycles. The van der Waals surface area contributed by atoms with Gasteiger partial charge in [-0.1, -0.05) is 128 Å². The van der Waals surface area contributed by atoms with E-state index in [2.05, 4.69) is 42.7 Å². The molecule has 0 saturated heterocycles. The maximum absolute atomic E-state index is 12.5. The van der Waals surface area contributed by atoms with E-state index in [0.717, 1.165) is 64.2 Å². The molecule has 0 radical (unpaired) electrons. The third-order valence-electron chi connectivity index (χ3n) is 7.61. The summed E-state index contributed by atoms with van der Waals surface area (Å²) < 4.78 is 32.5. The zero-order valence-corrected chi connectivity index (χ0v) is 30.4. The van der Waals surface area contributed by atoms with Crippen LogP contribution in [0, 0.1) is 0 Å². The average molecular weight is 691 g/mol. The molecule has 0 bridgehead atoms. The molecule has 3 atom stereocenters. The van der Waals surface area contributed by atoms with Gasteiger partial charge in [-0.2, -0.15) is 0 Å². The summed E-state index contributed by atoms with van der Waals surface area (Å²) in [4.78, 5) is 34.7. The van der Waals surface area contributed by atoms with Gasteiger partial charge in [0, 0.05) is 12.8 Å². The van der Waals surface area contributed by atoms with Crippen molar-refractivity contribution in [2.24, 2.45) is 0 Å². The fraction of sp³-hybridized carbons (Fsp3) is 0.833. The number of hydrogen-bond donors (Lipinski definition) is 3. The largest absolute Gasteiger partial charge is 0.472 e. The van der Waals surface area contributed by atoms with Crippen molar-refractivity contribution >= 4 is 19.8 Å². The number of allylic oxidation sites excluding steroid dienone is 4. The van der Waals surface area contributed by atoms with E-state index in [1.165, 1.54) is 51.4 Å². The Morgan fingerprint density at radius 2 is 1.13 bits per heavy atom. The zero-order valence-electron chi connectivity index (χ0n) is 29.5. The maximum atomic E-state index is 12.5. The summed E-state index contributed by atoms with van der Waals surface area (Å²) >= 11 is 0. The average Bonchev–Trinajstić information content (AvgIpc) is 3.05. The molecule has 0 rings (SSSR count). The van der Waals surface area contributed by atoms with Crippen LogP contribution in [0.5, 0.6) is 0 Å². The van der Waals surface area contributed by atoms with Crippen molar-refractivity contribution in [2.75, 3.05) is 26.4 Å². The van der Waals surface area contributed by atoms with E-state index in [9.17, 15) is 24.2 Å². The lowest BCUT2D eigenvalue weighted by atomic mass is 10.1. The molecule has 0 aliphatic rings. The Balaban J connectivity index is 4.40. The molecule has 0 spiro atoms. The van der Waals surface area contributed by atoms with E-state index in [1.54, 1.807) is 0 Å². The number of phosphoric ester groups is 1. The quantitative estimate of drug-likeness (QED) is 0.0259. The first kappa shape index (κ1) is 45.5. The molecule has 0 aliphatic carbocycles. The van der Waals surface area contributed by atoms with E-state index in [0.29, 0.717) is 12.8 Å². The third kappa shape index (κ3) is 32.8. The van der Waals surface area contributed by atoms with Crippen molar-refractivity contribution < 1.29 is 47.8 Å². The van der Waals surface area contributed by atoms with Crippen LogP contribution in [0.3, 0.4) is 0 Å². The summed E-state index contributed by atoms with van der Waals surface area (Å²) in [6.45, 7) is 2.28. The van der Waals surface area contributed by atoms with Crippen molar-refractivity contribution in [3.63, 3.8) is 0 Å². The highest BCUT2D eigenvalue weighted by Gasteiger charge is 2.27. The van der Waals surface area contributed by atoms with Gasteiger partial charge in [-0.15, -0.1) is 0 Å². The van der Waals surface area contributed by atoms with Crippen LogP contribution in [-0.4, -0.2) is 65.7 Å². The van der Waals surface area contributed by atoms with E-state index < -0.39 is 51.8 Å². The number of carbonyl (C=O) groups excluding carboxylic acids is 2. The molecule has 0 aliphatic heterocycles. The summed E-state index contributed by atoms with van der Waals surface area (Å²) in [6.07, 6.45) is 28.7. The van der Waals surface area contributed by atoms with E-state index in [-0.39, 0.29) is 19.4 Å². The molecule has 276 valence electrons. The van der Waals surface area contributed by atoms with Crippen molar-refractivity contribution in [3.8, 4) is 0 Å². The Morgan fingerprint density at radius 1 is 0.638 bits per heavy atom. The summed E-state index contributed by atoms with van der Waals surface area (Å²) in [7, 11) is -4.61. The minimum atomic E-state index is -4.61. The number of phosphoric acid groups is 1. The second-order valence-electron chi connectivity index (χ2n) is 12.3. The minimum Gasteiger partial charge on any atom is -0.462 e. The van der Waals surface area contributed by atoms with Gasteiger partial charge in [0.15, 0.2) is 6.10 Å². The second-order valence-corrected chi connectivity index (χ2v) is 13.7. The lowest BCUT2D eigenvalue weighted by Crippen LogP contribution is -2.29. The van der Waals surface area contributed by atoms with Crippen LogP contribution < -0.4 is 0 Å². The van der Waals surface area contributed by atoms with Crippen molar-refractivity contribution in [1.29, 1.82) is 0 Å². The van der Waals surface area contributed by atoms with E-state index >= 15 is 0 Å². The maximum Gasteiger partial charge on any atom is 0.472 e. The number of aliphatic hydroxyl groups is 2. The fourth-order valence-electron chi connectivity index (χ4n) is 4.71. The summed E-state index contributed by atoms with van der Waals surface area (Å²) in [5.41, 5.74) is 0. The van der Waals surface area contributed by atoms with Gasteiger partial charge >= 0.3 is 19.8 Å². The lowest BCUT2D eigenvalue weighted by Gasteiger charge is -2.20. The van der Waals surface area contributed by atoms with E-state index in [1.807, 2.05) is 0 Å². The predicted molar refractivity (Wildman–Crippen MR) is 187 cm³/mol. The highest BCUT2D eigenvalue weighted by molar-refractivity contribution is 7.47. The molecule has 0 amide bonds. The van der Waals surface area contributed by atoms with Gasteiger partial charge in [0.1, 0.15) is 12.7 Å². The number of carbonyl (C=O) groups is 2. The first-order valence-corrected chi connectivity index (χ1v) is 19.8. The Hall–Kier alpha value is -1.55. The lowest BCUT2D eigenvalue weighted by molar-refractivity contribution is -0.161. The number of hydrogen-bond acceptors (Lipinski definition) is 9. The van der Waals surface area contributed by atoms with Crippen LogP contribution in [0.15, 0.2) is 24.3 Å². The number of aliphatic hydroxyl groups excluding tert-OH is 2. The third-order valence-corrected chi connectivity index (χ3v) is 8.56. The van der Waals surface area contributed by atoms with Crippen molar-refractivity contribution in [1.82, 2.24) is 0 Å². The van der Waals surface area contributed by atoms with Gasteiger partial charge < -0.3 is 24.6 Å². The number of ether oxygens (including phenoxy) is 2. The number of unbranched alkanes of at least 4 members (excludes halogenated alkanes) is 16. The van der Waals surface area contributed by atoms with Gasteiger partial charge in [0.05, 0.1) is 19.8 Å². The topological polar surface area (TPSA) is 149 Å². The van der Waals surface area contributed by atoms with Gasteiger partial charge in [-0.25, -0.2) is 4.57 Å². The molecule has 0 fully saturated rings. The van der Waals surface area contributed by atoms with Gasteiger partial charge in [-0.3, -0.25) is 18.6 Å². The van der Waals surface area contributed by atoms with Crippen LogP contribution in [0.25, 0.3) is 0 Å². The van der Waals surface area contributed by atoms with Gasteiger partial charge in [-0.05, 0) is 38.5 Å². The highest BCUT2D eigenvalue weighted by Crippen LogP contribution is 2.43. The molecular weight excluding hydrogens is 623 g/mol. The smallest absolute Gasteiger partial charge is 0.462 e. The van der Waals surface area contributed by atoms with Crippen LogP contribution in [0.1, 0.15) is 155 Å². The van der Waals surface area contributed by atoms with Crippen LogP contribution >= 0.6 is 7.82 Å². The monoisotopic (exact) mass is 690 g/mol. The number of esters is 2. The van der Waals surface area contributed by atoms with Crippen LogP contribution in [-0.2, 0) is 32.7 Å². The molecule has 11 heteroatoms. The summed E-state index contributed by atoms with van der Waals surface area (Å²) in [5, 5.41) is 18.2. The first-order chi connectivity index (χ1) is 22.7. The van der Waals surface area contributed by atoms with Gasteiger partial charge in [0.25, 0.3) is 0 Å². The van der Waals surface area contributed by atoms with Crippen LogP contribution in [0.2, 0.25) is 0 Å². The molecule has 0 aromatic carbocycles. The molecule has 3 N–H and O–H groups in total. The van der Waals surface area contributed by atoms with Crippen molar-refractivity contribution in [3.05, 3.63) is 24.3 Å². The predicted octanol–water partition coefficient (Wildman–Crippen LogP) is 8.66. The molecule has 0 aromatic rings. The van der Waals surface area contributed by atoms with Crippen molar-refractivity contribution in [2.45, 2.75) is 167 Å². The summed E-state index contributed by atoms with van der Waals surface area (Å²) in [5.74, 6) is -0.943. The minimum absolute atomic E-state index is 0.183. The Morgan fingerprint density at radius 3 is 1.70 bits per heavy atom. The Bertz CT molecular complexity index is 848. The van der Waals surface area contributed by atoms with E-state index in [4.69, 9.17) is 19.1 Å². The molecule has 0 heterocycles. The molecule has 0 saturated carbocycles.